The number of carbonyl (C=O) groups excluding carboxylic acids is 3. The largest absolute Gasteiger partial charge is 0.412 e. The number of nitrogens with two attached hydrogens (primary N) is 1. The van der Waals surface area contributed by atoms with E-state index in [9.17, 15) is 14.4 Å². The Balaban J connectivity index is 1.99. The minimum Gasteiger partial charge on any atom is -0.379 e. The number of aliphatic imine (C=N–C) groups is 1. The highest BCUT2D eigenvalue weighted by molar-refractivity contribution is 7.80. The molecule has 0 spiro atoms. The maximum Gasteiger partial charge on any atom is 0.412 e. The zero-order chi connectivity index (χ0) is 23.2. The third-order valence-electron chi connectivity index (χ3n) is 6.48. The number of esters is 1. The van der Waals surface area contributed by atoms with Gasteiger partial charge in [-0.05, 0) is 50.3 Å². The molecule has 2 aliphatic rings. The van der Waals surface area contributed by atoms with Gasteiger partial charge in [0.15, 0.2) is 5.78 Å². The van der Waals surface area contributed by atoms with Crippen LogP contribution in [0.2, 0.25) is 0 Å². The monoisotopic (exact) mass is 458 g/mol. The average Bonchev–Trinajstić information content (AvgIpc) is 3.29. The van der Waals surface area contributed by atoms with Crippen molar-refractivity contribution in [3.63, 3.8) is 0 Å². The minimum absolute atomic E-state index is 0.0688. The standard InChI is InChI=1S/C24H30N2O5S/c1-2-30-18-9-12-23(16-32,13-10-18)21(28)24(11-6-14-26-24)19(15-20(27)31-22(25)29)17-7-4-3-5-8-17/h3-8,11,14,18-19,32H,2,9-10,12-13,15-16H2,1H3,(H2,25,29). The van der Waals surface area contributed by atoms with Crippen molar-refractivity contribution in [1.29, 1.82) is 0 Å². The SMILES string of the molecule is CCOC1CCC(CS)(C(=O)C2(C(CC(=O)OC(N)=O)c3ccccc3)C=CC=N2)CC1. The number of benzene rings is 1. The number of hydrogen-bond donors (Lipinski definition) is 2. The molecular weight excluding hydrogens is 428 g/mol. The third kappa shape index (κ3) is 4.96. The van der Waals surface area contributed by atoms with E-state index in [2.05, 4.69) is 22.4 Å². The first kappa shape index (κ1) is 24.2. The van der Waals surface area contributed by atoms with Gasteiger partial charge in [0.2, 0.25) is 0 Å². The molecule has 8 heteroatoms. The predicted octanol–water partition coefficient (Wildman–Crippen LogP) is 3.63. The summed E-state index contributed by atoms with van der Waals surface area (Å²) in [7, 11) is 0. The second kappa shape index (κ2) is 10.4. The molecule has 1 heterocycles. The lowest BCUT2D eigenvalue weighted by molar-refractivity contribution is -0.139. The van der Waals surface area contributed by atoms with Crippen molar-refractivity contribution in [2.45, 2.75) is 56.6 Å². The van der Waals surface area contributed by atoms with Crippen LogP contribution in [-0.4, -0.2) is 48.1 Å². The number of hydrogen-bond acceptors (Lipinski definition) is 7. The number of allylic oxidation sites excluding steroid dienone is 1. The highest BCUT2D eigenvalue weighted by Gasteiger charge is 2.54. The molecular formula is C24H30N2O5S. The number of ketones is 1. The second-order valence-corrected chi connectivity index (χ2v) is 8.66. The van der Waals surface area contributed by atoms with Gasteiger partial charge in [0, 0.05) is 29.9 Å². The van der Waals surface area contributed by atoms with Crippen molar-refractivity contribution in [3.8, 4) is 0 Å². The summed E-state index contributed by atoms with van der Waals surface area (Å²) >= 11 is 4.58. The summed E-state index contributed by atoms with van der Waals surface area (Å²) in [6.07, 6.45) is 6.62. The summed E-state index contributed by atoms with van der Waals surface area (Å²) in [4.78, 5) is 42.5. The molecule has 1 aromatic carbocycles. The van der Waals surface area contributed by atoms with E-state index in [-0.39, 0.29) is 18.3 Å². The van der Waals surface area contributed by atoms with Gasteiger partial charge in [0.05, 0.1) is 12.5 Å². The number of rotatable bonds is 9. The Morgan fingerprint density at radius 3 is 2.44 bits per heavy atom. The molecule has 0 aromatic heterocycles. The number of thiol groups is 1. The molecule has 2 atom stereocenters. The van der Waals surface area contributed by atoms with Gasteiger partial charge in [0.25, 0.3) is 0 Å². The van der Waals surface area contributed by atoms with Crippen LogP contribution in [0.4, 0.5) is 4.79 Å². The topological polar surface area (TPSA) is 108 Å². The lowest BCUT2D eigenvalue weighted by atomic mass is 9.62. The predicted molar refractivity (Wildman–Crippen MR) is 125 cm³/mol. The van der Waals surface area contributed by atoms with E-state index in [1.807, 2.05) is 37.3 Å². The minimum atomic E-state index is -1.29. The van der Waals surface area contributed by atoms with Crippen molar-refractivity contribution in [2.24, 2.45) is 16.1 Å². The molecule has 1 amide bonds. The Bertz CT molecular complexity index is 879. The maximum atomic E-state index is 14.3. The summed E-state index contributed by atoms with van der Waals surface area (Å²) in [5.74, 6) is -1.14. The van der Waals surface area contributed by atoms with E-state index < -0.39 is 28.9 Å². The van der Waals surface area contributed by atoms with Crippen LogP contribution in [0.5, 0.6) is 0 Å². The summed E-state index contributed by atoms with van der Waals surface area (Å²) in [5, 5.41) is 0. The van der Waals surface area contributed by atoms with E-state index >= 15 is 0 Å². The van der Waals surface area contributed by atoms with Crippen LogP contribution < -0.4 is 5.73 Å². The van der Waals surface area contributed by atoms with E-state index in [0.717, 1.165) is 18.4 Å². The summed E-state index contributed by atoms with van der Waals surface area (Å²) in [5.41, 5.74) is 3.81. The first-order valence-electron chi connectivity index (χ1n) is 10.9. The fourth-order valence-electron chi connectivity index (χ4n) is 4.86. The lowest BCUT2D eigenvalue weighted by Gasteiger charge is -2.44. The van der Waals surface area contributed by atoms with Gasteiger partial charge in [-0.3, -0.25) is 14.6 Å². The molecule has 1 aliphatic heterocycles. The van der Waals surface area contributed by atoms with Gasteiger partial charge >= 0.3 is 12.1 Å². The van der Waals surface area contributed by atoms with Gasteiger partial charge in [-0.15, -0.1) is 0 Å². The zero-order valence-electron chi connectivity index (χ0n) is 18.2. The molecule has 32 heavy (non-hydrogen) atoms. The van der Waals surface area contributed by atoms with Crippen molar-refractivity contribution < 1.29 is 23.9 Å². The number of carbonyl (C=O) groups is 3. The van der Waals surface area contributed by atoms with Crippen LogP contribution in [0.25, 0.3) is 0 Å². The number of Topliss-reactive ketones (excluding diaryl/α,β-unsaturated/α-hetero) is 1. The zero-order valence-corrected chi connectivity index (χ0v) is 19.1. The molecule has 1 aliphatic carbocycles. The van der Waals surface area contributed by atoms with Gasteiger partial charge < -0.3 is 15.2 Å². The number of amides is 1. The van der Waals surface area contributed by atoms with Crippen LogP contribution in [0, 0.1) is 5.41 Å². The van der Waals surface area contributed by atoms with Crippen LogP contribution in [0.1, 0.15) is 50.5 Å². The molecule has 0 saturated heterocycles. The molecule has 0 radical (unpaired) electrons. The van der Waals surface area contributed by atoms with E-state index in [1.54, 1.807) is 18.4 Å². The van der Waals surface area contributed by atoms with Crippen LogP contribution in [-0.2, 0) is 19.1 Å². The van der Waals surface area contributed by atoms with Crippen LogP contribution in [0.15, 0.2) is 47.5 Å². The summed E-state index contributed by atoms with van der Waals surface area (Å²) in [6.45, 7) is 2.61. The smallest absolute Gasteiger partial charge is 0.379 e. The summed E-state index contributed by atoms with van der Waals surface area (Å²) in [6, 6.07) is 9.22. The maximum absolute atomic E-state index is 14.3. The first-order valence-corrected chi connectivity index (χ1v) is 11.6. The van der Waals surface area contributed by atoms with E-state index in [0.29, 0.717) is 25.2 Å². The highest BCUT2D eigenvalue weighted by Crippen LogP contribution is 2.48. The average molecular weight is 459 g/mol. The van der Waals surface area contributed by atoms with Crippen LogP contribution >= 0.6 is 12.6 Å². The van der Waals surface area contributed by atoms with Crippen molar-refractivity contribution in [2.75, 3.05) is 12.4 Å². The number of primary amides is 1. The molecule has 2 unspecified atom stereocenters. The Hall–Kier alpha value is -2.45. The molecule has 7 nitrogen and oxygen atoms in total. The Morgan fingerprint density at radius 1 is 1.22 bits per heavy atom. The quantitative estimate of drug-likeness (QED) is 0.334. The molecule has 0 bridgehead atoms. The second-order valence-electron chi connectivity index (χ2n) is 8.35. The van der Waals surface area contributed by atoms with Crippen LogP contribution in [0.3, 0.4) is 0 Å². The number of nitrogens with zero attached hydrogens (tertiary/aromatic N) is 1. The summed E-state index contributed by atoms with van der Waals surface area (Å²) < 4.78 is 10.4. The van der Waals surface area contributed by atoms with Gasteiger partial charge in [-0.1, -0.05) is 30.3 Å². The fourth-order valence-corrected chi connectivity index (χ4v) is 5.32. The van der Waals surface area contributed by atoms with Crippen molar-refractivity contribution in [3.05, 3.63) is 48.0 Å². The Kier molecular flexibility index (Phi) is 7.90. The molecule has 2 N–H and O–H groups in total. The van der Waals surface area contributed by atoms with Gasteiger partial charge in [0.1, 0.15) is 5.54 Å². The molecule has 1 aromatic rings. The first-order chi connectivity index (χ1) is 15.4. The Morgan fingerprint density at radius 2 is 1.91 bits per heavy atom. The normalized spacial score (nSPS) is 27.8. The van der Waals surface area contributed by atoms with Crippen molar-refractivity contribution in [1.82, 2.24) is 0 Å². The number of ether oxygens (including phenoxy) is 2. The highest BCUT2D eigenvalue weighted by atomic mass is 32.1. The van der Waals surface area contributed by atoms with E-state index in [1.165, 1.54) is 0 Å². The molecule has 1 saturated carbocycles. The van der Waals surface area contributed by atoms with Gasteiger partial charge in [-0.2, -0.15) is 12.6 Å². The Labute approximate surface area is 193 Å². The third-order valence-corrected chi connectivity index (χ3v) is 7.09. The van der Waals surface area contributed by atoms with E-state index in [4.69, 9.17) is 10.5 Å². The van der Waals surface area contributed by atoms with Crippen molar-refractivity contribution >= 4 is 36.7 Å². The fraction of sp³-hybridized carbons (Fsp3) is 0.500. The molecule has 1 fully saturated rings. The van der Waals surface area contributed by atoms with Gasteiger partial charge in [-0.25, -0.2) is 4.79 Å². The molecule has 3 rings (SSSR count). The molecule has 172 valence electrons. The lowest BCUT2D eigenvalue weighted by Crippen LogP contribution is -2.52.